The fourth-order valence-corrected chi connectivity index (χ4v) is 1.58. The first kappa shape index (κ1) is 11.2. The molecule has 1 aromatic carbocycles. The molecule has 0 radical (unpaired) electrons. The van der Waals surface area contributed by atoms with E-state index in [4.69, 9.17) is 23.2 Å². The Morgan fingerprint density at radius 2 is 1.88 bits per heavy atom. The van der Waals surface area contributed by atoms with Gasteiger partial charge in [-0.25, -0.2) is 4.68 Å². The molecule has 0 aliphatic carbocycles. The molecule has 0 unspecified atom stereocenters. The van der Waals surface area contributed by atoms with Gasteiger partial charge in [-0.1, -0.05) is 53.5 Å². The number of halogens is 2. The van der Waals surface area contributed by atoms with Crippen molar-refractivity contribution in [3.63, 3.8) is 0 Å². The molecule has 3 nitrogen and oxygen atoms in total. The molecule has 2 aromatic rings. The van der Waals surface area contributed by atoms with Gasteiger partial charge in [0.05, 0.1) is 17.8 Å². The molecule has 16 heavy (non-hydrogen) atoms. The number of aromatic nitrogens is 2. The van der Waals surface area contributed by atoms with Gasteiger partial charge in [-0.15, -0.1) is 0 Å². The summed E-state index contributed by atoms with van der Waals surface area (Å²) in [5.74, 6) is 0. The van der Waals surface area contributed by atoms with Crippen LogP contribution in [-0.2, 0) is 6.54 Å². The van der Waals surface area contributed by atoms with E-state index < -0.39 is 0 Å². The monoisotopic (exact) mass is 254 g/mol. The summed E-state index contributed by atoms with van der Waals surface area (Å²) in [6.45, 7) is 0.385. The lowest BCUT2D eigenvalue weighted by molar-refractivity contribution is 0.639. The molecule has 0 bridgehead atoms. The predicted molar refractivity (Wildman–Crippen MR) is 64.1 cm³/mol. The van der Waals surface area contributed by atoms with Gasteiger partial charge in [0.15, 0.2) is 0 Å². The first-order valence-corrected chi connectivity index (χ1v) is 5.39. The van der Waals surface area contributed by atoms with E-state index in [1.54, 1.807) is 0 Å². The molecule has 0 fully saturated rings. The molecule has 0 aliphatic heterocycles. The summed E-state index contributed by atoms with van der Waals surface area (Å²) >= 11 is 11.4. The fourth-order valence-electron chi connectivity index (χ4n) is 1.31. The second kappa shape index (κ2) is 4.68. The lowest BCUT2D eigenvalue weighted by Crippen LogP contribution is -2.23. The van der Waals surface area contributed by atoms with Crippen LogP contribution in [0.4, 0.5) is 0 Å². The number of hydrogen-bond donors (Lipinski definition) is 0. The van der Waals surface area contributed by atoms with Crippen LogP contribution >= 0.6 is 23.2 Å². The van der Waals surface area contributed by atoms with Crippen LogP contribution in [0.5, 0.6) is 0 Å². The minimum absolute atomic E-state index is 0.00703. The fraction of sp³-hybridized carbons (Fsp3) is 0.0909. The van der Waals surface area contributed by atoms with Crippen LogP contribution in [-0.4, -0.2) is 9.78 Å². The Bertz CT molecular complexity index is 552. The summed E-state index contributed by atoms with van der Waals surface area (Å²) in [4.78, 5) is 11.7. The van der Waals surface area contributed by atoms with Crippen LogP contribution in [0.25, 0.3) is 0 Å². The standard InChI is InChI=1S/C11H8Cl2N2O/c12-9-6-14-15(11(16)10(9)13)7-8-4-2-1-3-5-8/h1-6H,7H2. The Morgan fingerprint density at radius 1 is 1.19 bits per heavy atom. The summed E-state index contributed by atoms with van der Waals surface area (Å²) in [5, 5.41) is 4.11. The van der Waals surface area contributed by atoms with E-state index in [0.717, 1.165) is 5.56 Å². The Labute approximate surface area is 102 Å². The second-order valence-corrected chi connectivity index (χ2v) is 4.04. The van der Waals surface area contributed by atoms with Crippen molar-refractivity contribution < 1.29 is 0 Å². The molecule has 1 heterocycles. The van der Waals surface area contributed by atoms with Gasteiger partial charge in [-0.3, -0.25) is 4.79 Å². The van der Waals surface area contributed by atoms with Crippen molar-refractivity contribution in [3.05, 3.63) is 62.5 Å². The predicted octanol–water partition coefficient (Wildman–Crippen LogP) is 2.60. The zero-order valence-electron chi connectivity index (χ0n) is 8.23. The third kappa shape index (κ3) is 2.26. The van der Waals surface area contributed by atoms with Crippen LogP contribution in [0.3, 0.4) is 0 Å². The Hall–Kier alpha value is -1.32. The zero-order valence-corrected chi connectivity index (χ0v) is 9.74. The third-order valence-corrected chi connectivity index (χ3v) is 2.87. The molecule has 0 spiro atoms. The van der Waals surface area contributed by atoms with Gasteiger partial charge in [-0.2, -0.15) is 5.10 Å². The summed E-state index contributed by atoms with van der Waals surface area (Å²) in [6, 6.07) is 9.54. The molecule has 0 amide bonds. The van der Waals surface area contributed by atoms with Crippen LogP contribution in [0, 0.1) is 0 Å². The normalized spacial score (nSPS) is 10.4. The van der Waals surface area contributed by atoms with Crippen molar-refractivity contribution in [2.45, 2.75) is 6.54 Å². The van der Waals surface area contributed by atoms with Crippen LogP contribution in [0.15, 0.2) is 41.3 Å². The Balaban J connectivity index is 2.37. The molecule has 0 saturated carbocycles. The molecule has 0 aliphatic rings. The minimum Gasteiger partial charge on any atom is -0.266 e. The van der Waals surface area contributed by atoms with Crippen LogP contribution in [0.1, 0.15) is 5.56 Å². The number of rotatable bonds is 2. The number of hydrogen-bond acceptors (Lipinski definition) is 2. The van der Waals surface area contributed by atoms with Crippen molar-refractivity contribution in [1.82, 2.24) is 9.78 Å². The molecule has 0 N–H and O–H groups in total. The van der Waals surface area contributed by atoms with Crippen molar-refractivity contribution in [3.8, 4) is 0 Å². The van der Waals surface area contributed by atoms with Gasteiger partial charge in [0.25, 0.3) is 5.56 Å². The molecule has 0 saturated heterocycles. The maximum atomic E-state index is 11.7. The van der Waals surface area contributed by atoms with E-state index in [9.17, 15) is 4.79 Å². The first-order chi connectivity index (χ1) is 7.68. The van der Waals surface area contributed by atoms with Gasteiger partial charge in [0.2, 0.25) is 0 Å². The van der Waals surface area contributed by atoms with Crippen molar-refractivity contribution in [2.24, 2.45) is 0 Å². The highest BCUT2D eigenvalue weighted by atomic mass is 35.5. The summed E-state index contributed by atoms with van der Waals surface area (Å²) < 4.78 is 1.28. The average Bonchev–Trinajstić information content (AvgIpc) is 2.31. The summed E-state index contributed by atoms with van der Waals surface area (Å²) in [7, 11) is 0. The molecule has 5 heteroatoms. The molecular weight excluding hydrogens is 247 g/mol. The van der Waals surface area contributed by atoms with E-state index in [1.165, 1.54) is 10.9 Å². The van der Waals surface area contributed by atoms with E-state index in [0.29, 0.717) is 6.54 Å². The van der Waals surface area contributed by atoms with E-state index in [2.05, 4.69) is 5.10 Å². The van der Waals surface area contributed by atoms with Gasteiger partial charge < -0.3 is 0 Å². The molecule has 82 valence electrons. The molecule has 0 atom stereocenters. The molecule has 1 aromatic heterocycles. The Morgan fingerprint density at radius 3 is 2.56 bits per heavy atom. The van der Waals surface area contributed by atoms with Crippen molar-refractivity contribution in [1.29, 1.82) is 0 Å². The minimum atomic E-state index is -0.377. The SMILES string of the molecule is O=c1c(Cl)c(Cl)cnn1Cc1ccccc1. The van der Waals surface area contributed by atoms with E-state index in [-0.39, 0.29) is 15.6 Å². The highest BCUT2D eigenvalue weighted by Crippen LogP contribution is 2.14. The van der Waals surface area contributed by atoms with Gasteiger partial charge in [0.1, 0.15) is 5.02 Å². The lowest BCUT2D eigenvalue weighted by atomic mass is 10.2. The lowest BCUT2D eigenvalue weighted by Gasteiger charge is -2.05. The molecule has 2 rings (SSSR count). The maximum absolute atomic E-state index is 11.7. The maximum Gasteiger partial charge on any atom is 0.287 e. The van der Waals surface area contributed by atoms with E-state index in [1.807, 2.05) is 30.3 Å². The number of benzene rings is 1. The van der Waals surface area contributed by atoms with Crippen LogP contribution < -0.4 is 5.56 Å². The van der Waals surface area contributed by atoms with E-state index >= 15 is 0 Å². The third-order valence-electron chi connectivity index (χ3n) is 2.12. The Kier molecular flexibility index (Phi) is 3.27. The first-order valence-electron chi connectivity index (χ1n) is 4.63. The largest absolute Gasteiger partial charge is 0.287 e. The summed E-state index contributed by atoms with van der Waals surface area (Å²) in [5.41, 5.74) is 0.605. The van der Waals surface area contributed by atoms with Gasteiger partial charge in [-0.05, 0) is 5.56 Å². The van der Waals surface area contributed by atoms with Crippen molar-refractivity contribution >= 4 is 23.2 Å². The topological polar surface area (TPSA) is 34.9 Å². The van der Waals surface area contributed by atoms with Crippen molar-refractivity contribution in [2.75, 3.05) is 0 Å². The second-order valence-electron chi connectivity index (χ2n) is 3.25. The van der Waals surface area contributed by atoms with Crippen LogP contribution in [0.2, 0.25) is 10.0 Å². The molecular formula is C11H8Cl2N2O. The number of nitrogens with zero attached hydrogens (tertiary/aromatic N) is 2. The highest BCUT2D eigenvalue weighted by molar-refractivity contribution is 6.41. The van der Waals surface area contributed by atoms with Gasteiger partial charge >= 0.3 is 0 Å². The van der Waals surface area contributed by atoms with Gasteiger partial charge in [0, 0.05) is 0 Å². The smallest absolute Gasteiger partial charge is 0.266 e. The zero-order chi connectivity index (χ0) is 11.5. The quantitative estimate of drug-likeness (QED) is 0.826. The summed E-state index contributed by atoms with van der Waals surface area (Å²) in [6.07, 6.45) is 1.37. The average molecular weight is 255 g/mol. The highest BCUT2D eigenvalue weighted by Gasteiger charge is 2.07.